The molecule has 0 spiro atoms. The van der Waals surface area contributed by atoms with E-state index in [1.54, 1.807) is 4.90 Å². The standard InChI is InChI=1S/C14H17NO3S/c1-10-3-2-4-11-5-7-15(13(10)11)14(16)12-6-8-19(17,18)9-12/h2-4,12H,5-9H2,1H3/t12-/m0/s1. The molecule has 19 heavy (non-hydrogen) atoms. The summed E-state index contributed by atoms with van der Waals surface area (Å²) in [5.41, 5.74) is 3.27. The van der Waals surface area contributed by atoms with Gasteiger partial charge in [-0.15, -0.1) is 0 Å². The van der Waals surface area contributed by atoms with Crippen molar-refractivity contribution < 1.29 is 13.2 Å². The Bertz CT molecular complexity index is 636. The maximum Gasteiger partial charge on any atom is 0.231 e. The molecule has 0 N–H and O–H groups in total. The van der Waals surface area contributed by atoms with Crippen LogP contribution in [0.15, 0.2) is 18.2 Å². The minimum atomic E-state index is -3.01. The Morgan fingerprint density at radius 3 is 2.84 bits per heavy atom. The Morgan fingerprint density at radius 2 is 2.16 bits per heavy atom. The van der Waals surface area contributed by atoms with Gasteiger partial charge in [0.2, 0.25) is 5.91 Å². The lowest BCUT2D eigenvalue weighted by atomic mass is 10.1. The highest BCUT2D eigenvalue weighted by Crippen LogP contribution is 2.33. The molecule has 2 heterocycles. The van der Waals surface area contributed by atoms with Crippen LogP contribution < -0.4 is 4.90 Å². The van der Waals surface area contributed by atoms with Gasteiger partial charge in [0.05, 0.1) is 17.4 Å². The molecule has 4 nitrogen and oxygen atoms in total. The van der Waals surface area contributed by atoms with E-state index in [1.807, 2.05) is 25.1 Å². The molecule has 1 amide bonds. The summed E-state index contributed by atoms with van der Waals surface area (Å²) in [5, 5.41) is 0. The molecule has 2 aliphatic heterocycles. The van der Waals surface area contributed by atoms with Crippen LogP contribution in [-0.4, -0.2) is 32.4 Å². The van der Waals surface area contributed by atoms with Crippen molar-refractivity contribution in [2.24, 2.45) is 5.92 Å². The first-order valence-corrected chi connectivity index (χ1v) is 8.40. The average Bonchev–Trinajstić information content (AvgIpc) is 2.92. The summed E-state index contributed by atoms with van der Waals surface area (Å²) in [5.74, 6) is -0.203. The predicted molar refractivity (Wildman–Crippen MR) is 74.0 cm³/mol. The van der Waals surface area contributed by atoms with Crippen molar-refractivity contribution in [2.45, 2.75) is 19.8 Å². The first kappa shape index (κ1) is 12.7. The molecule has 1 fully saturated rings. The van der Waals surface area contributed by atoms with Crippen LogP contribution in [-0.2, 0) is 21.1 Å². The van der Waals surface area contributed by atoms with E-state index in [9.17, 15) is 13.2 Å². The number of para-hydroxylation sites is 1. The van der Waals surface area contributed by atoms with E-state index >= 15 is 0 Å². The van der Waals surface area contributed by atoms with Crippen molar-refractivity contribution in [2.75, 3.05) is 23.0 Å². The van der Waals surface area contributed by atoms with E-state index in [2.05, 4.69) is 0 Å². The van der Waals surface area contributed by atoms with Gasteiger partial charge in [0, 0.05) is 12.2 Å². The molecular weight excluding hydrogens is 262 g/mol. The van der Waals surface area contributed by atoms with Crippen LogP contribution in [0.2, 0.25) is 0 Å². The van der Waals surface area contributed by atoms with Crippen LogP contribution >= 0.6 is 0 Å². The number of fused-ring (bicyclic) bond motifs is 1. The van der Waals surface area contributed by atoms with Crippen molar-refractivity contribution in [3.63, 3.8) is 0 Å². The fraction of sp³-hybridized carbons (Fsp3) is 0.500. The quantitative estimate of drug-likeness (QED) is 0.779. The second-order valence-corrected chi connectivity index (χ2v) is 7.65. The van der Waals surface area contributed by atoms with Gasteiger partial charge in [0.15, 0.2) is 9.84 Å². The Morgan fingerprint density at radius 1 is 1.37 bits per heavy atom. The normalized spacial score (nSPS) is 24.5. The predicted octanol–water partition coefficient (Wildman–Crippen LogP) is 1.32. The minimum absolute atomic E-state index is 0.0174. The summed E-state index contributed by atoms with van der Waals surface area (Å²) in [6.45, 7) is 2.67. The topological polar surface area (TPSA) is 54.5 Å². The smallest absolute Gasteiger partial charge is 0.231 e. The van der Waals surface area contributed by atoms with Crippen molar-refractivity contribution in [1.82, 2.24) is 0 Å². The van der Waals surface area contributed by atoms with Gasteiger partial charge in [-0.1, -0.05) is 18.2 Å². The second kappa shape index (κ2) is 4.34. The van der Waals surface area contributed by atoms with Gasteiger partial charge < -0.3 is 4.90 Å². The van der Waals surface area contributed by atoms with Gasteiger partial charge in [-0.3, -0.25) is 4.79 Å². The highest BCUT2D eigenvalue weighted by Gasteiger charge is 2.37. The SMILES string of the molecule is Cc1cccc2c1N(C(=O)[C@H]1CCS(=O)(=O)C1)CC2. The fourth-order valence-corrected chi connectivity index (χ4v) is 4.81. The minimum Gasteiger partial charge on any atom is -0.311 e. The van der Waals surface area contributed by atoms with Crippen LogP contribution in [0, 0.1) is 12.8 Å². The molecule has 1 atom stereocenters. The second-order valence-electron chi connectivity index (χ2n) is 5.42. The number of carbonyl (C=O) groups is 1. The van der Waals surface area contributed by atoms with E-state index < -0.39 is 9.84 Å². The van der Waals surface area contributed by atoms with Crippen molar-refractivity contribution in [3.8, 4) is 0 Å². The first-order chi connectivity index (χ1) is 8.98. The lowest BCUT2D eigenvalue weighted by Gasteiger charge is -2.22. The fourth-order valence-electron chi connectivity index (χ4n) is 3.08. The number of hydrogen-bond acceptors (Lipinski definition) is 3. The molecule has 0 unspecified atom stereocenters. The average molecular weight is 279 g/mol. The molecule has 3 rings (SSSR count). The van der Waals surface area contributed by atoms with Crippen molar-refractivity contribution in [1.29, 1.82) is 0 Å². The number of aryl methyl sites for hydroxylation is 1. The Balaban J connectivity index is 1.88. The van der Waals surface area contributed by atoms with Gasteiger partial charge in [0.25, 0.3) is 0 Å². The summed E-state index contributed by atoms with van der Waals surface area (Å²) < 4.78 is 23.0. The van der Waals surface area contributed by atoms with Crippen molar-refractivity contribution in [3.05, 3.63) is 29.3 Å². The van der Waals surface area contributed by atoms with Gasteiger partial charge in [-0.2, -0.15) is 0 Å². The summed E-state index contributed by atoms with van der Waals surface area (Å²) >= 11 is 0. The Labute approximate surface area is 113 Å². The number of amides is 1. The van der Waals surface area contributed by atoms with Crippen LogP contribution in [0.25, 0.3) is 0 Å². The van der Waals surface area contributed by atoms with Gasteiger partial charge >= 0.3 is 0 Å². The van der Waals surface area contributed by atoms with Gasteiger partial charge in [-0.05, 0) is 30.9 Å². The molecule has 102 valence electrons. The molecule has 2 aliphatic rings. The van der Waals surface area contributed by atoms with Gasteiger partial charge in [0.1, 0.15) is 0 Å². The van der Waals surface area contributed by atoms with E-state index in [4.69, 9.17) is 0 Å². The number of carbonyl (C=O) groups excluding carboxylic acids is 1. The molecular formula is C14H17NO3S. The van der Waals surface area contributed by atoms with E-state index in [0.29, 0.717) is 13.0 Å². The highest BCUT2D eigenvalue weighted by molar-refractivity contribution is 7.91. The molecule has 1 aromatic rings. The third-order valence-electron chi connectivity index (χ3n) is 4.04. The maximum atomic E-state index is 12.5. The summed E-state index contributed by atoms with van der Waals surface area (Å²) in [7, 11) is -3.01. The third kappa shape index (κ3) is 2.16. The molecule has 0 aromatic heterocycles. The molecule has 1 aromatic carbocycles. The van der Waals surface area contributed by atoms with Crippen molar-refractivity contribution >= 4 is 21.4 Å². The van der Waals surface area contributed by atoms with Crippen LogP contribution in [0.1, 0.15) is 17.5 Å². The molecule has 0 saturated carbocycles. The van der Waals surface area contributed by atoms with E-state index in [0.717, 1.165) is 17.7 Å². The van der Waals surface area contributed by atoms with E-state index in [1.165, 1.54) is 5.56 Å². The molecule has 5 heteroatoms. The van der Waals surface area contributed by atoms with Crippen LogP contribution in [0.3, 0.4) is 0 Å². The summed E-state index contributed by atoms with van der Waals surface area (Å²) in [6, 6.07) is 6.04. The number of benzene rings is 1. The number of hydrogen-bond donors (Lipinski definition) is 0. The number of anilines is 1. The van der Waals surface area contributed by atoms with E-state index in [-0.39, 0.29) is 23.3 Å². The Hall–Kier alpha value is -1.36. The number of sulfone groups is 1. The monoisotopic (exact) mass is 279 g/mol. The number of rotatable bonds is 1. The highest BCUT2D eigenvalue weighted by atomic mass is 32.2. The first-order valence-electron chi connectivity index (χ1n) is 6.58. The third-order valence-corrected chi connectivity index (χ3v) is 5.81. The Kier molecular flexibility index (Phi) is 2.89. The number of nitrogens with zero attached hydrogens (tertiary/aromatic N) is 1. The lowest BCUT2D eigenvalue weighted by Crippen LogP contribution is -2.35. The zero-order chi connectivity index (χ0) is 13.6. The van der Waals surface area contributed by atoms with Crippen LogP contribution in [0.4, 0.5) is 5.69 Å². The zero-order valence-corrected chi connectivity index (χ0v) is 11.7. The molecule has 0 bridgehead atoms. The van der Waals surface area contributed by atoms with Gasteiger partial charge in [-0.25, -0.2) is 8.42 Å². The summed E-state index contributed by atoms with van der Waals surface area (Å²) in [4.78, 5) is 14.3. The molecule has 0 radical (unpaired) electrons. The molecule has 1 saturated heterocycles. The zero-order valence-electron chi connectivity index (χ0n) is 10.9. The largest absolute Gasteiger partial charge is 0.311 e. The molecule has 0 aliphatic carbocycles. The maximum absolute atomic E-state index is 12.5. The lowest BCUT2D eigenvalue weighted by molar-refractivity contribution is -0.121. The van der Waals surface area contributed by atoms with Crippen LogP contribution in [0.5, 0.6) is 0 Å². The summed E-state index contributed by atoms with van der Waals surface area (Å²) in [6.07, 6.45) is 1.33.